The molecule has 0 fully saturated rings. The predicted octanol–water partition coefficient (Wildman–Crippen LogP) is 1.55. The highest BCUT2D eigenvalue weighted by molar-refractivity contribution is 5.28. The molecule has 1 aromatic carbocycles. The molecule has 0 amide bonds. The van der Waals surface area contributed by atoms with Crippen LogP contribution in [0.5, 0.6) is 5.75 Å². The number of benzene rings is 1. The molecule has 1 rings (SSSR count). The van der Waals surface area contributed by atoms with Gasteiger partial charge in [-0.05, 0) is 51.2 Å². The van der Waals surface area contributed by atoms with Gasteiger partial charge in [0.15, 0.2) is 0 Å². The smallest absolute Gasteiger partial charge is 0.119 e. The second-order valence-corrected chi connectivity index (χ2v) is 4.13. The molecule has 0 aliphatic rings. The van der Waals surface area contributed by atoms with Gasteiger partial charge in [0, 0.05) is 0 Å². The van der Waals surface area contributed by atoms with Crippen LogP contribution in [0, 0.1) is 0 Å². The number of aryl methyl sites for hydroxylation is 1. The van der Waals surface area contributed by atoms with Crippen molar-refractivity contribution in [2.75, 3.05) is 33.9 Å². The molecule has 0 spiro atoms. The Morgan fingerprint density at radius 3 is 2.81 bits per heavy atom. The zero-order valence-electron chi connectivity index (χ0n) is 10.1. The quantitative estimate of drug-likeness (QED) is 0.761. The molecule has 3 nitrogen and oxygen atoms in total. The number of rotatable bonds is 7. The first-order valence-electron chi connectivity index (χ1n) is 5.69. The fraction of sp³-hybridized carbons (Fsp3) is 0.538. The lowest BCUT2D eigenvalue weighted by atomic mass is 10.1. The van der Waals surface area contributed by atoms with Crippen LogP contribution < -0.4 is 4.74 Å². The molecule has 1 aromatic rings. The van der Waals surface area contributed by atoms with Gasteiger partial charge in [-0.3, -0.25) is 0 Å². The highest BCUT2D eigenvalue weighted by atomic mass is 16.5. The highest BCUT2D eigenvalue weighted by Gasteiger charge is 1.98. The molecule has 0 aromatic heterocycles. The molecule has 0 atom stereocenters. The molecular weight excluding hydrogens is 202 g/mol. The van der Waals surface area contributed by atoms with E-state index in [-0.39, 0.29) is 6.61 Å². The van der Waals surface area contributed by atoms with E-state index in [2.05, 4.69) is 25.1 Å². The van der Waals surface area contributed by atoms with Gasteiger partial charge in [0.05, 0.1) is 6.61 Å². The Kier molecular flexibility index (Phi) is 5.90. The van der Waals surface area contributed by atoms with Gasteiger partial charge in [-0.15, -0.1) is 0 Å². The number of hydrogen-bond acceptors (Lipinski definition) is 3. The van der Waals surface area contributed by atoms with E-state index in [0.717, 1.165) is 25.1 Å². The van der Waals surface area contributed by atoms with Crippen molar-refractivity contribution >= 4 is 0 Å². The Balaban J connectivity index is 2.40. The third-order valence-corrected chi connectivity index (χ3v) is 2.33. The van der Waals surface area contributed by atoms with E-state index in [1.807, 2.05) is 18.2 Å². The SMILES string of the molecule is CN(C)CCCc1cccc(OCCO)c1. The second kappa shape index (κ2) is 7.25. The Labute approximate surface area is 97.7 Å². The van der Waals surface area contributed by atoms with E-state index in [9.17, 15) is 0 Å². The monoisotopic (exact) mass is 223 g/mol. The van der Waals surface area contributed by atoms with Crippen LogP contribution in [0.25, 0.3) is 0 Å². The molecule has 1 N–H and O–H groups in total. The zero-order chi connectivity index (χ0) is 11.8. The summed E-state index contributed by atoms with van der Waals surface area (Å²) in [4.78, 5) is 2.19. The molecular formula is C13H21NO2. The highest BCUT2D eigenvalue weighted by Crippen LogP contribution is 2.14. The molecule has 0 aliphatic carbocycles. The fourth-order valence-electron chi connectivity index (χ4n) is 1.55. The first-order valence-corrected chi connectivity index (χ1v) is 5.69. The summed E-state index contributed by atoms with van der Waals surface area (Å²) in [5.74, 6) is 0.844. The van der Waals surface area contributed by atoms with Gasteiger partial charge in [-0.25, -0.2) is 0 Å². The van der Waals surface area contributed by atoms with E-state index in [4.69, 9.17) is 9.84 Å². The van der Waals surface area contributed by atoms with Gasteiger partial charge in [-0.2, -0.15) is 0 Å². The molecule has 0 saturated heterocycles. The summed E-state index contributed by atoms with van der Waals surface area (Å²) >= 11 is 0. The minimum absolute atomic E-state index is 0.0604. The van der Waals surface area contributed by atoms with Crippen molar-refractivity contribution in [1.29, 1.82) is 0 Å². The summed E-state index contributed by atoms with van der Waals surface area (Å²) in [6.45, 7) is 1.52. The van der Waals surface area contributed by atoms with Crippen LogP contribution in [-0.4, -0.2) is 43.9 Å². The third kappa shape index (κ3) is 5.14. The molecule has 16 heavy (non-hydrogen) atoms. The topological polar surface area (TPSA) is 32.7 Å². The summed E-state index contributed by atoms with van der Waals surface area (Å²) in [7, 11) is 4.17. The van der Waals surface area contributed by atoms with Crippen molar-refractivity contribution < 1.29 is 9.84 Å². The molecule has 3 heteroatoms. The van der Waals surface area contributed by atoms with E-state index in [0.29, 0.717) is 6.61 Å². The summed E-state index contributed by atoms with van der Waals surface area (Å²) in [6.07, 6.45) is 2.21. The Morgan fingerprint density at radius 2 is 2.12 bits per heavy atom. The minimum atomic E-state index is 0.0604. The number of ether oxygens (including phenoxy) is 1. The fourth-order valence-corrected chi connectivity index (χ4v) is 1.55. The lowest BCUT2D eigenvalue weighted by Gasteiger charge is -2.10. The largest absolute Gasteiger partial charge is 0.491 e. The first kappa shape index (κ1) is 13.0. The maximum atomic E-state index is 8.67. The van der Waals surface area contributed by atoms with Crippen LogP contribution in [0.1, 0.15) is 12.0 Å². The maximum Gasteiger partial charge on any atom is 0.119 e. The number of hydrogen-bond donors (Lipinski definition) is 1. The molecule has 0 radical (unpaired) electrons. The Morgan fingerprint density at radius 1 is 1.31 bits per heavy atom. The van der Waals surface area contributed by atoms with Crippen molar-refractivity contribution in [3.05, 3.63) is 29.8 Å². The third-order valence-electron chi connectivity index (χ3n) is 2.33. The van der Waals surface area contributed by atoms with E-state index in [1.165, 1.54) is 5.56 Å². The van der Waals surface area contributed by atoms with Crippen molar-refractivity contribution in [1.82, 2.24) is 4.90 Å². The minimum Gasteiger partial charge on any atom is -0.491 e. The Hall–Kier alpha value is -1.06. The van der Waals surface area contributed by atoms with Crippen LogP contribution >= 0.6 is 0 Å². The predicted molar refractivity (Wildman–Crippen MR) is 65.9 cm³/mol. The summed E-state index contributed by atoms with van der Waals surface area (Å²) in [6, 6.07) is 8.08. The zero-order valence-corrected chi connectivity index (χ0v) is 10.1. The van der Waals surface area contributed by atoms with Crippen molar-refractivity contribution in [2.45, 2.75) is 12.8 Å². The van der Waals surface area contributed by atoms with Gasteiger partial charge in [0.2, 0.25) is 0 Å². The molecule has 0 heterocycles. The van der Waals surface area contributed by atoms with Gasteiger partial charge in [-0.1, -0.05) is 12.1 Å². The van der Waals surface area contributed by atoms with Crippen molar-refractivity contribution in [3.63, 3.8) is 0 Å². The average molecular weight is 223 g/mol. The number of aliphatic hydroxyl groups is 1. The van der Waals surface area contributed by atoms with Crippen LogP contribution in [0.2, 0.25) is 0 Å². The standard InChI is InChI=1S/C13H21NO2/c1-14(2)8-4-6-12-5-3-7-13(11-12)16-10-9-15/h3,5,7,11,15H,4,6,8-10H2,1-2H3. The van der Waals surface area contributed by atoms with Crippen LogP contribution in [0.15, 0.2) is 24.3 Å². The van der Waals surface area contributed by atoms with Crippen LogP contribution in [-0.2, 0) is 6.42 Å². The first-order chi connectivity index (χ1) is 7.72. The summed E-state index contributed by atoms with van der Waals surface area (Å²) in [5, 5.41) is 8.67. The molecule has 0 unspecified atom stereocenters. The lowest BCUT2D eigenvalue weighted by Crippen LogP contribution is -2.13. The second-order valence-electron chi connectivity index (χ2n) is 4.13. The maximum absolute atomic E-state index is 8.67. The average Bonchev–Trinajstić information content (AvgIpc) is 2.26. The van der Waals surface area contributed by atoms with Gasteiger partial charge >= 0.3 is 0 Å². The molecule has 0 aliphatic heterocycles. The van der Waals surface area contributed by atoms with Crippen molar-refractivity contribution in [2.24, 2.45) is 0 Å². The van der Waals surface area contributed by atoms with Gasteiger partial charge in [0.25, 0.3) is 0 Å². The normalized spacial score (nSPS) is 10.8. The Bertz CT molecular complexity index is 300. The molecule has 0 saturated carbocycles. The van der Waals surface area contributed by atoms with Gasteiger partial charge < -0.3 is 14.7 Å². The van der Waals surface area contributed by atoms with Gasteiger partial charge in [0.1, 0.15) is 12.4 Å². The van der Waals surface area contributed by atoms with E-state index >= 15 is 0 Å². The van der Waals surface area contributed by atoms with Crippen LogP contribution in [0.3, 0.4) is 0 Å². The van der Waals surface area contributed by atoms with Crippen molar-refractivity contribution in [3.8, 4) is 5.75 Å². The van der Waals surface area contributed by atoms with E-state index in [1.54, 1.807) is 0 Å². The summed E-state index contributed by atoms with van der Waals surface area (Å²) in [5.41, 5.74) is 1.29. The van der Waals surface area contributed by atoms with Crippen LogP contribution in [0.4, 0.5) is 0 Å². The number of nitrogens with zero attached hydrogens (tertiary/aromatic N) is 1. The van der Waals surface area contributed by atoms with E-state index < -0.39 is 0 Å². The summed E-state index contributed by atoms with van der Waals surface area (Å²) < 4.78 is 5.36. The number of aliphatic hydroxyl groups excluding tert-OH is 1. The molecule has 0 bridgehead atoms. The molecule has 90 valence electrons. The lowest BCUT2D eigenvalue weighted by molar-refractivity contribution is 0.201.